The zero-order valence-corrected chi connectivity index (χ0v) is 9.38. The van der Waals surface area contributed by atoms with Crippen molar-refractivity contribution in [3.63, 3.8) is 0 Å². The van der Waals surface area contributed by atoms with Gasteiger partial charge in [0, 0.05) is 5.25 Å². The number of aliphatic hydroxyl groups is 1. The van der Waals surface area contributed by atoms with Crippen molar-refractivity contribution in [1.82, 2.24) is 0 Å². The van der Waals surface area contributed by atoms with Crippen molar-refractivity contribution in [3.8, 4) is 0 Å². The zero-order chi connectivity index (χ0) is 10.6. The van der Waals surface area contributed by atoms with E-state index in [0.29, 0.717) is 6.54 Å². The summed E-state index contributed by atoms with van der Waals surface area (Å²) in [5.41, 5.74) is 5.43. The smallest absolute Gasteiger partial charge is 0.117 e. The van der Waals surface area contributed by atoms with Crippen LogP contribution in [0.2, 0.25) is 0 Å². The normalized spacial score (nSPS) is 15.4. The fraction of sp³-hybridized carbons (Fsp3) is 0.600. The van der Waals surface area contributed by atoms with Crippen molar-refractivity contribution in [2.45, 2.75) is 37.5 Å². The van der Waals surface area contributed by atoms with E-state index in [0.717, 1.165) is 17.3 Å². The van der Waals surface area contributed by atoms with E-state index in [1.807, 2.05) is 19.1 Å². The Balaban J connectivity index is 2.37. The van der Waals surface area contributed by atoms with Crippen molar-refractivity contribution in [3.05, 3.63) is 23.7 Å². The summed E-state index contributed by atoms with van der Waals surface area (Å²) >= 11 is 1.68. The van der Waals surface area contributed by atoms with Crippen molar-refractivity contribution >= 4 is 11.8 Å². The van der Waals surface area contributed by atoms with Crippen LogP contribution in [0.25, 0.3) is 0 Å². The summed E-state index contributed by atoms with van der Waals surface area (Å²) in [6, 6.07) is 3.83. The van der Waals surface area contributed by atoms with Crippen molar-refractivity contribution in [2.75, 3.05) is 0 Å². The molecule has 2 atom stereocenters. The molecule has 0 spiro atoms. The molecular formula is C10H17NO2S. The van der Waals surface area contributed by atoms with Crippen LogP contribution in [0.4, 0.5) is 0 Å². The molecule has 0 radical (unpaired) electrons. The van der Waals surface area contributed by atoms with Crippen LogP contribution in [0.5, 0.6) is 0 Å². The van der Waals surface area contributed by atoms with E-state index in [4.69, 9.17) is 10.2 Å². The van der Waals surface area contributed by atoms with E-state index in [-0.39, 0.29) is 11.4 Å². The van der Waals surface area contributed by atoms with Crippen LogP contribution in [0.3, 0.4) is 0 Å². The van der Waals surface area contributed by atoms with E-state index < -0.39 is 0 Å². The maximum Gasteiger partial charge on any atom is 0.117 e. The molecule has 0 amide bonds. The Hall–Kier alpha value is -0.450. The molecule has 3 N–H and O–H groups in total. The van der Waals surface area contributed by atoms with E-state index in [9.17, 15) is 5.11 Å². The lowest BCUT2D eigenvalue weighted by Gasteiger charge is -2.12. The van der Waals surface area contributed by atoms with Crippen LogP contribution in [0, 0.1) is 0 Å². The van der Waals surface area contributed by atoms with Gasteiger partial charge in [-0.15, -0.1) is 11.8 Å². The Morgan fingerprint density at radius 1 is 1.43 bits per heavy atom. The summed E-state index contributed by atoms with van der Waals surface area (Å²) in [5, 5.41) is 9.50. The Bertz CT molecular complexity index is 273. The van der Waals surface area contributed by atoms with Gasteiger partial charge in [0.25, 0.3) is 0 Å². The molecule has 0 saturated heterocycles. The van der Waals surface area contributed by atoms with Crippen molar-refractivity contribution < 1.29 is 9.52 Å². The first-order valence-corrected chi connectivity index (χ1v) is 5.75. The van der Waals surface area contributed by atoms with Gasteiger partial charge in [-0.25, -0.2) is 0 Å². The molecule has 80 valence electrons. The maximum absolute atomic E-state index is 9.28. The molecule has 0 aliphatic heterocycles. The molecular weight excluding hydrogens is 198 g/mol. The SMILES string of the molecule is CC(O)C(C)SCc1ccc(CN)o1. The van der Waals surface area contributed by atoms with Crippen LogP contribution in [0.1, 0.15) is 25.4 Å². The summed E-state index contributed by atoms with van der Waals surface area (Å²) in [6.07, 6.45) is -0.288. The van der Waals surface area contributed by atoms with Gasteiger partial charge in [-0.2, -0.15) is 0 Å². The molecule has 2 unspecified atom stereocenters. The summed E-state index contributed by atoms with van der Waals surface area (Å²) in [7, 11) is 0. The predicted octanol–water partition coefficient (Wildman–Crippen LogP) is 1.74. The average Bonchev–Trinajstić information content (AvgIpc) is 2.61. The summed E-state index contributed by atoms with van der Waals surface area (Å²) in [5.74, 6) is 2.51. The van der Waals surface area contributed by atoms with E-state index in [1.165, 1.54) is 0 Å². The first kappa shape index (κ1) is 11.6. The molecule has 0 aliphatic carbocycles. The molecule has 4 heteroatoms. The van der Waals surface area contributed by atoms with Gasteiger partial charge in [-0.05, 0) is 19.1 Å². The van der Waals surface area contributed by atoms with Crippen LogP contribution in [-0.2, 0) is 12.3 Å². The number of furan rings is 1. The highest BCUT2D eigenvalue weighted by Gasteiger charge is 2.10. The van der Waals surface area contributed by atoms with Crippen LogP contribution >= 0.6 is 11.8 Å². The third-order valence-electron chi connectivity index (χ3n) is 2.09. The molecule has 1 heterocycles. The standard InChI is InChI=1S/C10H17NO2S/c1-7(12)8(2)14-6-10-4-3-9(5-11)13-10/h3-4,7-8,12H,5-6,11H2,1-2H3. The Labute approximate surface area is 88.7 Å². The minimum absolute atomic E-state index is 0.224. The molecule has 3 nitrogen and oxygen atoms in total. The number of thioether (sulfide) groups is 1. The van der Waals surface area contributed by atoms with Crippen molar-refractivity contribution in [2.24, 2.45) is 5.73 Å². The molecule has 1 aromatic rings. The monoisotopic (exact) mass is 215 g/mol. The largest absolute Gasteiger partial charge is 0.464 e. The van der Waals surface area contributed by atoms with Gasteiger partial charge in [0.1, 0.15) is 11.5 Å². The predicted molar refractivity (Wildman–Crippen MR) is 59.0 cm³/mol. The van der Waals surface area contributed by atoms with Crippen LogP contribution in [-0.4, -0.2) is 16.5 Å². The van der Waals surface area contributed by atoms with Gasteiger partial charge >= 0.3 is 0 Å². The number of hydrogen-bond acceptors (Lipinski definition) is 4. The minimum Gasteiger partial charge on any atom is -0.464 e. The fourth-order valence-corrected chi connectivity index (χ4v) is 1.82. The first-order valence-electron chi connectivity index (χ1n) is 4.70. The number of nitrogens with two attached hydrogens (primary N) is 1. The zero-order valence-electron chi connectivity index (χ0n) is 8.56. The number of aliphatic hydroxyl groups excluding tert-OH is 1. The lowest BCUT2D eigenvalue weighted by molar-refractivity contribution is 0.196. The highest BCUT2D eigenvalue weighted by Crippen LogP contribution is 2.21. The molecule has 0 aromatic carbocycles. The first-order chi connectivity index (χ1) is 6.63. The Kier molecular flexibility index (Phi) is 4.51. The molecule has 1 rings (SSSR count). The summed E-state index contributed by atoms with van der Waals surface area (Å²) in [6.45, 7) is 4.24. The molecule has 1 aromatic heterocycles. The second-order valence-corrected chi connectivity index (χ2v) is 4.69. The topological polar surface area (TPSA) is 59.4 Å². The van der Waals surface area contributed by atoms with Crippen LogP contribution in [0.15, 0.2) is 16.5 Å². The summed E-state index contributed by atoms with van der Waals surface area (Å²) in [4.78, 5) is 0. The molecule has 0 aliphatic rings. The minimum atomic E-state index is -0.288. The van der Waals surface area contributed by atoms with Gasteiger partial charge in [0.05, 0.1) is 18.4 Å². The van der Waals surface area contributed by atoms with E-state index in [2.05, 4.69) is 0 Å². The Morgan fingerprint density at radius 3 is 2.57 bits per heavy atom. The van der Waals surface area contributed by atoms with Gasteiger partial charge in [0.15, 0.2) is 0 Å². The quantitative estimate of drug-likeness (QED) is 0.785. The second kappa shape index (κ2) is 5.44. The molecule has 14 heavy (non-hydrogen) atoms. The fourth-order valence-electron chi connectivity index (χ4n) is 0.962. The van der Waals surface area contributed by atoms with Crippen LogP contribution < -0.4 is 5.73 Å². The second-order valence-electron chi connectivity index (χ2n) is 3.33. The van der Waals surface area contributed by atoms with Gasteiger partial charge in [-0.3, -0.25) is 0 Å². The van der Waals surface area contributed by atoms with E-state index >= 15 is 0 Å². The van der Waals surface area contributed by atoms with Crippen molar-refractivity contribution in [1.29, 1.82) is 0 Å². The van der Waals surface area contributed by atoms with Gasteiger partial charge < -0.3 is 15.3 Å². The maximum atomic E-state index is 9.28. The van der Waals surface area contributed by atoms with Gasteiger partial charge in [0.2, 0.25) is 0 Å². The highest BCUT2D eigenvalue weighted by molar-refractivity contribution is 7.99. The summed E-state index contributed by atoms with van der Waals surface area (Å²) < 4.78 is 5.44. The van der Waals surface area contributed by atoms with E-state index in [1.54, 1.807) is 18.7 Å². The Morgan fingerprint density at radius 2 is 2.07 bits per heavy atom. The van der Waals surface area contributed by atoms with Gasteiger partial charge in [-0.1, -0.05) is 6.92 Å². The lowest BCUT2D eigenvalue weighted by atomic mass is 10.3. The third kappa shape index (κ3) is 3.36. The lowest BCUT2D eigenvalue weighted by Crippen LogP contribution is -2.15. The number of rotatable bonds is 5. The number of hydrogen-bond donors (Lipinski definition) is 2. The molecule has 0 saturated carbocycles. The molecule has 0 fully saturated rings. The molecule has 0 bridgehead atoms. The average molecular weight is 215 g/mol. The third-order valence-corrected chi connectivity index (χ3v) is 3.46. The highest BCUT2D eigenvalue weighted by atomic mass is 32.2.